The van der Waals surface area contributed by atoms with E-state index in [9.17, 15) is 4.39 Å². The van der Waals surface area contributed by atoms with Crippen molar-refractivity contribution >= 4 is 0 Å². The fraction of sp³-hybridized carbons (Fsp3) is 0.647. The number of halogens is 1. The summed E-state index contributed by atoms with van der Waals surface area (Å²) in [4.78, 5) is 4.80. The molecule has 0 spiro atoms. The predicted octanol–water partition coefficient (Wildman–Crippen LogP) is 2.87. The largest absolute Gasteiger partial charge is 0.494 e. The van der Waals surface area contributed by atoms with Crippen molar-refractivity contribution in [3.63, 3.8) is 0 Å². The second-order valence-corrected chi connectivity index (χ2v) is 6.69. The van der Waals surface area contributed by atoms with Gasteiger partial charge < -0.3 is 14.5 Å². The van der Waals surface area contributed by atoms with E-state index in [-0.39, 0.29) is 5.82 Å². The molecule has 1 aromatic carbocycles. The minimum Gasteiger partial charge on any atom is -0.494 e. The van der Waals surface area contributed by atoms with E-state index < -0.39 is 0 Å². The highest BCUT2D eigenvalue weighted by Gasteiger charge is 2.32. The van der Waals surface area contributed by atoms with Gasteiger partial charge in [-0.15, -0.1) is 0 Å². The molecule has 0 aromatic heterocycles. The van der Waals surface area contributed by atoms with Gasteiger partial charge in [-0.05, 0) is 63.2 Å². The van der Waals surface area contributed by atoms with Crippen molar-refractivity contribution in [1.82, 2.24) is 9.80 Å². The summed E-state index contributed by atoms with van der Waals surface area (Å²) in [5.41, 5.74) is 0.418. The molecular formula is C17H27FN2O. The molecule has 1 saturated heterocycles. The number of ether oxygens (including phenoxy) is 1. The van der Waals surface area contributed by atoms with Crippen LogP contribution in [0.3, 0.4) is 0 Å². The molecule has 3 nitrogen and oxygen atoms in total. The van der Waals surface area contributed by atoms with Crippen LogP contribution in [0.2, 0.25) is 0 Å². The third kappa shape index (κ3) is 5.29. The van der Waals surface area contributed by atoms with Gasteiger partial charge in [-0.1, -0.05) is 6.92 Å². The minimum absolute atomic E-state index is 0.225. The van der Waals surface area contributed by atoms with Crippen molar-refractivity contribution in [2.75, 3.05) is 46.9 Å². The smallest absolute Gasteiger partial charge is 0.123 e. The summed E-state index contributed by atoms with van der Waals surface area (Å²) >= 11 is 0. The lowest BCUT2D eigenvalue weighted by molar-refractivity contribution is 0.183. The van der Waals surface area contributed by atoms with Gasteiger partial charge in [-0.2, -0.15) is 0 Å². The lowest BCUT2D eigenvalue weighted by atomic mass is 9.89. The van der Waals surface area contributed by atoms with Gasteiger partial charge in [0.1, 0.15) is 11.6 Å². The third-order valence-electron chi connectivity index (χ3n) is 4.17. The van der Waals surface area contributed by atoms with E-state index in [0.717, 1.165) is 25.3 Å². The molecule has 1 unspecified atom stereocenters. The lowest BCUT2D eigenvalue weighted by Gasteiger charge is -2.29. The second-order valence-electron chi connectivity index (χ2n) is 6.69. The third-order valence-corrected chi connectivity index (χ3v) is 4.17. The van der Waals surface area contributed by atoms with Gasteiger partial charge in [0, 0.05) is 19.6 Å². The first-order chi connectivity index (χ1) is 9.97. The van der Waals surface area contributed by atoms with Crippen molar-refractivity contribution in [1.29, 1.82) is 0 Å². The molecular weight excluding hydrogens is 267 g/mol. The molecule has 118 valence electrons. The Bertz CT molecular complexity index is 437. The number of nitrogens with zero attached hydrogens (tertiary/aromatic N) is 2. The summed E-state index contributed by atoms with van der Waals surface area (Å²) in [5, 5.41) is 0. The molecule has 0 N–H and O–H groups in total. The average Bonchev–Trinajstić information content (AvgIpc) is 2.76. The normalized spacial score (nSPS) is 22.9. The Morgan fingerprint density at radius 1 is 1.33 bits per heavy atom. The highest BCUT2D eigenvalue weighted by molar-refractivity contribution is 5.21. The van der Waals surface area contributed by atoms with Crippen LogP contribution in [0.15, 0.2) is 24.3 Å². The Morgan fingerprint density at radius 3 is 2.67 bits per heavy atom. The van der Waals surface area contributed by atoms with E-state index in [1.807, 2.05) is 0 Å². The number of likely N-dealkylation sites (tertiary alicyclic amines) is 1. The topological polar surface area (TPSA) is 15.7 Å². The maximum absolute atomic E-state index is 12.8. The molecule has 0 radical (unpaired) electrons. The maximum Gasteiger partial charge on any atom is 0.123 e. The fourth-order valence-electron chi connectivity index (χ4n) is 3.19. The van der Waals surface area contributed by atoms with Crippen LogP contribution in [0, 0.1) is 11.2 Å². The van der Waals surface area contributed by atoms with Gasteiger partial charge in [0.05, 0.1) is 6.61 Å². The molecule has 1 fully saturated rings. The molecule has 2 rings (SSSR count). The van der Waals surface area contributed by atoms with Gasteiger partial charge in [0.15, 0.2) is 0 Å². The second kappa shape index (κ2) is 7.23. The molecule has 1 aliphatic rings. The predicted molar refractivity (Wildman–Crippen MR) is 84.2 cm³/mol. The van der Waals surface area contributed by atoms with E-state index in [1.165, 1.54) is 31.6 Å². The highest BCUT2D eigenvalue weighted by Crippen LogP contribution is 2.29. The van der Waals surface area contributed by atoms with Crippen molar-refractivity contribution in [2.45, 2.75) is 19.8 Å². The molecule has 0 amide bonds. The summed E-state index contributed by atoms with van der Waals surface area (Å²) < 4.78 is 18.4. The van der Waals surface area contributed by atoms with Gasteiger partial charge in [-0.25, -0.2) is 4.39 Å². The summed E-state index contributed by atoms with van der Waals surface area (Å²) in [5.74, 6) is 0.514. The lowest BCUT2D eigenvalue weighted by Crippen LogP contribution is -2.36. The summed E-state index contributed by atoms with van der Waals surface area (Å²) in [6.45, 7) is 7.60. The first kappa shape index (κ1) is 16.2. The molecule has 0 aliphatic carbocycles. The highest BCUT2D eigenvalue weighted by atomic mass is 19.1. The Hall–Kier alpha value is -1.13. The SMILES string of the molecule is CN(CCCOc1ccc(F)cc1)CC1(C)CCN(C)C1. The van der Waals surface area contributed by atoms with E-state index >= 15 is 0 Å². The number of hydrogen-bond acceptors (Lipinski definition) is 3. The van der Waals surface area contributed by atoms with Crippen molar-refractivity contribution in [2.24, 2.45) is 5.41 Å². The van der Waals surface area contributed by atoms with Crippen LogP contribution in [0.1, 0.15) is 19.8 Å². The quantitative estimate of drug-likeness (QED) is 0.719. The van der Waals surface area contributed by atoms with Gasteiger partial charge in [0.25, 0.3) is 0 Å². The molecule has 1 aromatic rings. The van der Waals surface area contributed by atoms with Crippen molar-refractivity contribution < 1.29 is 9.13 Å². The Morgan fingerprint density at radius 2 is 2.05 bits per heavy atom. The van der Waals surface area contributed by atoms with Gasteiger partial charge >= 0.3 is 0 Å². The average molecular weight is 294 g/mol. The first-order valence-corrected chi connectivity index (χ1v) is 7.72. The Kier molecular flexibility index (Phi) is 5.59. The van der Waals surface area contributed by atoms with Crippen molar-refractivity contribution in [3.8, 4) is 5.75 Å². The van der Waals surface area contributed by atoms with Gasteiger partial charge in [-0.3, -0.25) is 0 Å². The molecule has 1 atom stereocenters. The summed E-state index contributed by atoms with van der Waals surface area (Å²) in [6.07, 6.45) is 2.26. The Balaban J connectivity index is 1.63. The van der Waals surface area contributed by atoms with Crippen molar-refractivity contribution in [3.05, 3.63) is 30.1 Å². The van der Waals surface area contributed by atoms with E-state index in [4.69, 9.17) is 4.74 Å². The molecule has 0 bridgehead atoms. The van der Waals surface area contributed by atoms with E-state index in [0.29, 0.717) is 12.0 Å². The zero-order valence-electron chi connectivity index (χ0n) is 13.4. The molecule has 0 saturated carbocycles. The zero-order valence-corrected chi connectivity index (χ0v) is 13.4. The van der Waals surface area contributed by atoms with Crippen LogP contribution in [0.5, 0.6) is 5.75 Å². The van der Waals surface area contributed by atoms with E-state index in [1.54, 1.807) is 12.1 Å². The fourth-order valence-corrected chi connectivity index (χ4v) is 3.19. The monoisotopic (exact) mass is 294 g/mol. The van der Waals surface area contributed by atoms with Crippen LogP contribution in [-0.4, -0.2) is 56.7 Å². The zero-order chi connectivity index (χ0) is 15.3. The first-order valence-electron chi connectivity index (χ1n) is 7.72. The maximum atomic E-state index is 12.8. The summed E-state index contributed by atoms with van der Waals surface area (Å²) in [6, 6.07) is 6.21. The Labute approximate surface area is 127 Å². The van der Waals surface area contributed by atoms with Crippen LogP contribution in [-0.2, 0) is 0 Å². The summed E-state index contributed by atoms with van der Waals surface area (Å²) in [7, 11) is 4.38. The standard InChI is InChI=1S/C17H27FN2O/c1-17(9-11-20(3)14-17)13-19(2)10-4-12-21-16-7-5-15(18)6-8-16/h5-8H,4,9-14H2,1-3H3. The number of rotatable bonds is 7. The van der Waals surface area contributed by atoms with E-state index in [2.05, 4.69) is 30.8 Å². The number of benzene rings is 1. The molecule has 1 aliphatic heterocycles. The van der Waals surface area contributed by atoms with Crippen LogP contribution >= 0.6 is 0 Å². The molecule has 21 heavy (non-hydrogen) atoms. The van der Waals surface area contributed by atoms with Gasteiger partial charge in [0.2, 0.25) is 0 Å². The van der Waals surface area contributed by atoms with Crippen LogP contribution in [0.25, 0.3) is 0 Å². The van der Waals surface area contributed by atoms with Crippen LogP contribution < -0.4 is 4.74 Å². The van der Waals surface area contributed by atoms with Crippen LogP contribution in [0.4, 0.5) is 4.39 Å². The molecule has 4 heteroatoms. The molecule has 1 heterocycles. The number of hydrogen-bond donors (Lipinski definition) is 0. The minimum atomic E-state index is -0.225.